The zero-order valence-corrected chi connectivity index (χ0v) is 16.1. The average molecular weight is 366 g/mol. The average Bonchev–Trinajstić information content (AvgIpc) is 3.07. The number of benzene rings is 3. The molecule has 3 aromatic carbocycles. The Morgan fingerprint density at radius 3 is 1.93 bits per heavy atom. The molecule has 0 unspecified atom stereocenters. The van der Waals surface area contributed by atoms with Crippen LogP contribution in [0.4, 0.5) is 0 Å². The van der Waals surface area contributed by atoms with Gasteiger partial charge in [0.05, 0.1) is 5.39 Å². The van der Waals surface area contributed by atoms with E-state index in [0.717, 1.165) is 12.0 Å². The van der Waals surface area contributed by atoms with Crippen LogP contribution >= 0.6 is 0 Å². The molecule has 1 heterocycles. The summed E-state index contributed by atoms with van der Waals surface area (Å²) in [5, 5.41) is 3.26. The topological polar surface area (TPSA) is 30.2 Å². The van der Waals surface area contributed by atoms with E-state index in [0.29, 0.717) is 16.7 Å². The molecule has 5 rings (SSSR count). The first kappa shape index (κ1) is 18.0. The summed E-state index contributed by atoms with van der Waals surface area (Å²) in [7, 11) is 0. The predicted octanol–water partition coefficient (Wildman–Crippen LogP) is 6.76. The summed E-state index contributed by atoms with van der Waals surface area (Å²) >= 11 is 0. The second-order valence-corrected chi connectivity index (χ2v) is 7.01. The van der Waals surface area contributed by atoms with Gasteiger partial charge in [0.25, 0.3) is 0 Å². The Labute approximate surface area is 164 Å². The maximum atomic E-state index is 12.0. The van der Waals surface area contributed by atoms with Crippen molar-refractivity contribution in [3.05, 3.63) is 112 Å². The predicted molar refractivity (Wildman–Crippen MR) is 117 cm³/mol. The second kappa shape index (κ2) is 7.69. The van der Waals surface area contributed by atoms with Crippen molar-refractivity contribution < 1.29 is 4.42 Å². The molecular formula is C26H22O2. The quantitative estimate of drug-likeness (QED) is 0.373. The van der Waals surface area contributed by atoms with Crippen LogP contribution < -0.4 is 5.43 Å². The van der Waals surface area contributed by atoms with Gasteiger partial charge in [-0.15, -0.1) is 0 Å². The third-order valence-corrected chi connectivity index (χ3v) is 5.25. The monoisotopic (exact) mass is 366 g/mol. The molecule has 0 amide bonds. The van der Waals surface area contributed by atoms with Crippen molar-refractivity contribution in [1.82, 2.24) is 0 Å². The minimum Gasteiger partial charge on any atom is -0.456 e. The Morgan fingerprint density at radius 2 is 1.36 bits per heavy atom. The number of hydrogen-bond donors (Lipinski definition) is 0. The highest BCUT2D eigenvalue weighted by atomic mass is 16.3. The Balaban J connectivity index is 0.000000162. The number of rotatable bonds is 1. The minimum absolute atomic E-state index is 0.0247. The standard InChI is InChI=1S/C16H14O2.C10H8/c1-10-7-8-12(11(10)2)16-9-14(17)13-5-3-4-6-15(13)18-16;1-2-6-10-8-4-3-7-9(10)5-1/h3-7,9H,8H2,1-2H3;1-8H. The summed E-state index contributed by atoms with van der Waals surface area (Å²) < 4.78 is 5.85. The van der Waals surface area contributed by atoms with Crippen LogP contribution in [0.25, 0.3) is 27.3 Å². The zero-order chi connectivity index (χ0) is 19.5. The van der Waals surface area contributed by atoms with Crippen molar-refractivity contribution in [2.75, 3.05) is 0 Å². The number of para-hydroxylation sites is 1. The van der Waals surface area contributed by atoms with Gasteiger partial charge in [0.1, 0.15) is 11.3 Å². The summed E-state index contributed by atoms with van der Waals surface area (Å²) in [6.07, 6.45) is 3.01. The molecule has 138 valence electrons. The van der Waals surface area contributed by atoms with Gasteiger partial charge in [-0.25, -0.2) is 0 Å². The Hall–Kier alpha value is -3.39. The minimum atomic E-state index is 0.0247. The first-order valence-corrected chi connectivity index (χ1v) is 9.47. The van der Waals surface area contributed by atoms with Crippen molar-refractivity contribution in [2.45, 2.75) is 20.3 Å². The Morgan fingerprint density at radius 1 is 0.786 bits per heavy atom. The van der Waals surface area contributed by atoms with E-state index in [-0.39, 0.29) is 5.43 Å². The zero-order valence-electron chi connectivity index (χ0n) is 16.1. The van der Waals surface area contributed by atoms with Gasteiger partial charge in [0.2, 0.25) is 0 Å². The van der Waals surface area contributed by atoms with Crippen molar-refractivity contribution in [1.29, 1.82) is 0 Å². The van der Waals surface area contributed by atoms with Crippen LogP contribution in [0.2, 0.25) is 0 Å². The smallest absolute Gasteiger partial charge is 0.193 e. The van der Waals surface area contributed by atoms with E-state index in [1.165, 1.54) is 21.9 Å². The first-order chi connectivity index (χ1) is 13.6. The van der Waals surface area contributed by atoms with E-state index in [2.05, 4.69) is 68.5 Å². The highest BCUT2D eigenvalue weighted by Crippen LogP contribution is 2.33. The second-order valence-electron chi connectivity index (χ2n) is 7.01. The van der Waals surface area contributed by atoms with Gasteiger partial charge in [0.15, 0.2) is 5.43 Å². The van der Waals surface area contributed by atoms with E-state index in [1.54, 1.807) is 12.1 Å². The largest absolute Gasteiger partial charge is 0.456 e. The van der Waals surface area contributed by atoms with Gasteiger partial charge in [-0.2, -0.15) is 0 Å². The highest BCUT2D eigenvalue weighted by Gasteiger charge is 2.15. The molecule has 0 N–H and O–H groups in total. The van der Waals surface area contributed by atoms with Crippen molar-refractivity contribution in [3.63, 3.8) is 0 Å². The lowest BCUT2D eigenvalue weighted by Gasteiger charge is -2.05. The number of allylic oxidation sites excluding steroid dienone is 4. The van der Waals surface area contributed by atoms with E-state index in [4.69, 9.17) is 4.42 Å². The molecule has 0 fully saturated rings. The molecule has 0 radical (unpaired) electrons. The fourth-order valence-electron chi connectivity index (χ4n) is 3.47. The van der Waals surface area contributed by atoms with Crippen LogP contribution in [0.15, 0.2) is 105 Å². The van der Waals surface area contributed by atoms with Crippen LogP contribution in [0.5, 0.6) is 0 Å². The van der Waals surface area contributed by atoms with Crippen LogP contribution in [0, 0.1) is 0 Å². The molecule has 1 aliphatic rings. The third-order valence-electron chi connectivity index (χ3n) is 5.25. The van der Waals surface area contributed by atoms with Crippen LogP contribution in [-0.2, 0) is 0 Å². The van der Waals surface area contributed by atoms with E-state index in [1.807, 2.05) is 18.2 Å². The highest BCUT2D eigenvalue weighted by molar-refractivity contribution is 5.82. The van der Waals surface area contributed by atoms with Crippen molar-refractivity contribution in [2.24, 2.45) is 0 Å². The molecular weight excluding hydrogens is 344 g/mol. The van der Waals surface area contributed by atoms with Gasteiger partial charge in [-0.05, 0) is 48.7 Å². The van der Waals surface area contributed by atoms with Crippen molar-refractivity contribution >= 4 is 27.3 Å². The van der Waals surface area contributed by atoms with Gasteiger partial charge < -0.3 is 4.42 Å². The fraction of sp³-hybridized carbons (Fsp3) is 0.115. The Bertz CT molecular complexity index is 1210. The van der Waals surface area contributed by atoms with Gasteiger partial charge >= 0.3 is 0 Å². The molecule has 0 bridgehead atoms. The number of hydrogen-bond acceptors (Lipinski definition) is 2. The summed E-state index contributed by atoms with van der Waals surface area (Å²) in [5.74, 6) is 0.698. The maximum Gasteiger partial charge on any atom is 0.193 e. The maximum absolute atomic E-state index is 12.0. The molecule has 0 saturated carbocycles. The summed E-state index contributed by atoms with van der Waals surface area (Å²) in [6, 6.07) is 25.7. The molecule has 1 aromatic heterocycles. The normalized spacial score (nSPS) is 13.4. The summed E-state index contributed by atoms with van der Waals surface area (Å²) in [4.78, 5) is 12.0. The fourth-order valence-corrected chi connectivity index (χ4v) is 3.47. The molecule has 0 saturated heterocycles. The molecule has 1 aliphatic carbocycles. The van der Waals surface area contributed by atoms with E-state index < -0.39 is 0 Å². The van der Waals surface area contributed by atoms with E-state index in [9.17, 15) is 4.79 Å². The van der Waals surface area contributed by atoms with Gasteiger partial charge in [0, 0.05) is 11.6 Å². The molecule has 2 heteroatoms. The first-order valence-electron chi connectivity index (χ1n) is 9.47. The number of fused-ring (bicyclic) bond motifs is 2. The molecule has 2 nitrogen and oxygen atoms in total. The molecule has 0 atom stereocenters. The Kier molecular flexibility index (Phi) is 4.94. The molecule has 28 heavy (non-hydrogen) atoms. The van der Waals surface area contributed by atoms with Crippen LogP contribution in [-0.4, -0.2) is 0 Å². The van der Waals surface area contributed by atoms with Gasteiger partial charge in [-0.1, -0.05) is 72.3 Å². The molecule has 0 spiro atoms. The van der Waals surface area contributed by atoms with Crippen LogP contribution in [0.1, 0.15) is 26.0 Å². The summed E-state index contributed by atoms with van der Waals surface area (Å²) in [6.45, 7) is 4.16. The van der Waals surface area contributed by atoms with Crippen LogP contribution in [0.3, 0.4) is 0 Å². The lowest BCUT2D eigenvalue weighted by atomic mass is 10.1. The molecule has 0 aliphatic heterocycles. The van der Waals surface area contributed by atoms with Gasteiger partial charge in [-0.3, -0.25) is 4.79 Å². The lowest BCUT2D eigenvalue weighted by Crippen LogP contribution is -2.01. The molecule has 4 aromatic rings. The third kappa shape index (κ3) is 3.54. The van der Waals surface area contributed by atoms with Crippen molar-refractivity contribution in [3.8, 4) is 0 Å². The summed E-state index contributed by atoms with van der Waals surface area (Å²) in [5.41, 5.74) is 4.28. The van der Waals surface area contributed by atoms with E-state index >= 15 is 0 Å². The lowest BCUT2D eigenvalue weighted by molar-refractivity contribution is 0.584. The SMILES string of the molecule is CC1=CCC(c2cc(=O)c3ccccc3o2)=C1C.c1ccc2ccccc2c1.